The fourth-order valence-corrected chi connectivity index (χ4v) is 2.02. The number of methoxy groups -OCH3 is 1. The van der Waals surface area contributed by atoms with Gasteiger partial charge in [-0.3, -0.25) is 10.1 Å². The zero-order valence-electron chi connectivity index (χ0n) is 12.9. The Hall–Kier alpha value is -2.96. The van der Waals surface area contributed by atoms with Crippen molar-refractivity contribution in [3.63, 3.8) is 0 Å². The van der Waals surface area contributed by atoms with E-state index in [9.17, 15) is 10.1 Å². The van der Waals surface area contributed by atoms with Crippen molar-refractivity contribution in [2.45, 2.75) is 6.92 Å². The zero-order valence-corrected chi connectivity index (χ0v) is 12.9. The van der Waals surface area contributed by atoms with Crippen molar-refractivity contribution in [1.82, 2.24) is 0 Å². The van der Waals surface area contributed by atoms with Crippen molar-refractivity contribution in [3.8, 4) is 17.2 Å². The summed E-state index contributed by atoms with van der Waals surface area (Å²) in [5.41, 5.74) is 6.90. The van der Waals surface area contributed by atoms with Gasteiger partial charge in [0.25, 0.3) is 0 Å². The Morgan fingerprint density at radius 1 is 1.09 bits per heavy atom. The number of anilines is 1. The summed E-state index contributed by atoms with van der Waals surface area (Å²) in [6.45, 7) is 2.45. The number of ether oxygens (including phenoxy) is 3. The minimum atomic E-state index is -0.547. The third kappa shape index (κ3) is 4.03. The summed E-state index contributed by atoms with van der Waals surface area (Å²) in [4.78, 5) is 10.5. The first-order valence-corrected chi connectivity index (χ1v) is 6.96. The molecule has 0 spiro atoms. The van der Waals surface area contributed by atoms with Gasteiger partial charge in [-0.1, -0.05) is 18.2 Å². The summed E-state index contributed by atoms with van der Waals surface area (Å²) in [6, 6.07) is 10.2. The molecule has 23 heavy (non-hydrogen) atoms. The van der Waals surface area contributed by atoms with E-state index in [0.29, 0.717) is 6.61 Å². The average molecular weight is 318 g/mol. The molecule has 2 N–H and O–H groups in total. The topological polar surface area (TPSA) is 96.9 Å². The van der Waals surface area contributed by atoms with Crippen molar-refractivity contribution in [2.24, 2.45) is 0 Å². The predicted octanol–water partition coefficient (Wildman–Crippen LogP) is 2.95. The first kappa shape index (κ1) is 16.4. The van der Waals surface area contributed by atoms with Crippen LogP contribution in [0.1, 0.15) is 5.56 Å². The maximum absolute atomic E-state index is 11.0. The van der Waals surface area contributed by atoms with Crippen LogP contribution < -0.4 is 19.9 Å². The lowest BCUT2D eigenvalue weighted by Crippen LogP contribution is -2.10. The van der Waals surface area contributed by atoms with E-state index in [4.69, 9.17) is 19.9 Å². The monoisotopic (exact) mass is 318 g/mol. The summed E-state index contributed by atoms with van der Waals surface area (Å²) in [7, 11) is 1.35. The van der Waals surface area contributed by atoms with Gasteiger partial charge in [-0.05, 0) is 18.6 Å². The number of nitrogen functional groups attached to an aromatic ring is 1. The summed E-state index contributed by atoms with van der Waals surface area (Å²) in [5, 5.41) is 11.0. The SMILES string of the molecule is COc1cc(N)c(OCCOc2ccccc2C)cc1[N+](=O)[O-]. The molecule has 0 atom stereocenters. The second-order valence-electron chi connectivity index (χ2n) is 4.78. The van der Waals surface area contributed by atoms with Crippen molar-refractivity contribution in [2.75, 3.05) is 26.1 Å². The average Bonchev–Trinajstić information content (AvgIpc) is 2.53. The fraction of sp³-hybridized carbons (Fsp3) is 0.250. The number of nitro groups is 1. The Bertz CT molecular complexity index is 703. The van der Waals surface area contributed by atoms with Gasteiger partial charge in [-0.2, -0.15) is 0 Å². The number of nitrogens with zero attached hydrogens (tertiary/aromatic N) is 1. The summed E-state index contributed by atoms with van der Waals surface area (Å²) >= 11 is 0. The van der Waals surface area contributed by atoms with Gasteiger partial charge >= 0.3 is 5.69 Å². The van der Waals surface area contributed by atoms with Gasteiger partial charge in [0.1, 0.15) is 24.7 Å². The predicted molar refractivity (Wildman–Crippen MR) is 86.2 cm³/mol. The van der Waals surface area contributed by atoms with Crippen LogP contribution in [0.5, 0.6) is 17.2 Å². The maximum atomic E-state index is 11.0. The first-order valence-electron chi connectivity index (χ1n) is 6.96. The minimum Gasteiger partial charge on any atom is -0.490 e. The molecule has 0 saturated carbocycles. The molecule has 0 amide bonds. The quantitative estimate of drug-likeness (QED) is 0.365. The van der Waals surface area contributed by atoms with Gasteiger partial charge in [0, 0.05) is 6.07 Å². The number of aryl methyl sites for hydroxylation is 1. The van der Waals surface area contributed by atoms with E-state index in [-0.39, 0.29) is 29.5 Å². The molecule has 0 aliphatic heterocycles. The van der Waals surface area contributed by atoms with E-state index in [1.807, 2.05) is 31.2 Å². The molecule has 2 rings (SSSR count). The van der Waals surface area contributed by atoms with Crippen molar-refractivity contribution in [1.29, 1.82) is 0 Å². The van der Waals surface area contributed by atoms with Crippen LogP contribution in [-0.2, 0) is 0 Å². The molecule has 0 fully saturated rings. The number of para-hydroxylation sites is 1. The second-order valence-corrected chi connectivity index (χ2v) is 4.78. The highest BCUT2D eigenvalue weighted by molar-refractivity contribution is 5.64. The Kier molecular flexibility index (Phi) is 5.24. The van der Waals surface area contributed by atoms with Crippen LogP contribution in [0.15, 0.2) is 36.4 Å². The van der Waals surface area contributed by atoms with Gasteiger partial charge in [0.2, 0.25) is 0 Å². The lowest BCUT2D eigenvalue weighted by atomic mass is 10.2. The molecule has 0 bridgehead atoms. The van der Waals surface area contributed by atoms with Crippen LogP contribution in [0.3, 0.4) is 0 Å². The summed E-state index contributed by atoms with van der Waals surface area (Å²) < 4.78 is 16.0. The molecule has 2 aromatic rings. The molecule has 0 heterocycles. The Balaban J connectivity index is 1.99. The van der Waals surface area contributed by atoms with Crippen molar-refractivity contribution >= 4 is 11.4 Å². The molecule has 0 aromatic heterocycles. The number of nitrogens with two attached hydrogens (primary N) is 1. The molecule has 0 saturated heterocycles. The maximum Gasteiger partial charge on any atom is 0.314 e. The number of hydrogen-bond donors (Lipinski definition) is 1. The first-order chi connectivity index (χ1) is 11.0. The highest BCUT2D eigenvalue weighted by Gasteiger charge is 2.18. The largest absolute Gasteiger partial charge is 0.490 e. The third-order valence-corrected chi connectivity index (χ3v) is 3.20. The normalized spacial score (nSPS) is 10.2. The van der Waals surface area contributed by atoms with Gasteiger partial charge in [-0.25, -0.2) is 0 Å². The van der Waals surface area contributed by atoms with Gasteiger partial charge in [0.05, 0.1) is 23.8 Å². The molecule has 0 aliphatic carbocycles. The van der Waals surface area contributed by atoms with E-state index < -0.39 is 4.92 Å². The lowest BCUT2D eigenvalue weighted by molar-refractivity contribution is -0.385. The molecule has 122 valence electrons. The molecular formula is C16H18N2O5. The van der Waals surface area contributed by atoms with Gasteiger partial charge in [0.15, 0.2) is 5.75 Å². The Morgan fingerprint density at radius 3 is 2.35 bits per heavy atom. The van der Waals surface area contributed by atoms with E-state index in [2.05, 4.69) is 0 Å². The smallest absolute Gasteiger partial charge is 0.314 e. The fourth-order valence-electron chi connectivity index (χ4n) is 2.02. The standard InChI is InChI=1S/C16H18N2O5/c1-11-5-3-4-6-14(11)22-7-8-23-15-10-13(18(19)20)16(21-2)9-12(15)17/h3-6,9-10H,7-8,17H2,1-2H3. The minimum absolute atomic E-state index is 0.0935. The highest BCUT2D eigenvalue weighted by Crippen LogP contribution is 2.35. The summed E-state index contributed by atoms with van der Waals surface area (Å²) in [6.07, 6.45) is 0. The van der Waals surface area contributed by atoms with E-state index in [0.717, 1.165) is 11.3 Å². The second kappa shape index (κ2) is 7.35. The molecule has 0 aliphatic rings. The molecular weight excluding hydrogens is 300 g/mol. The number of benzene rings is 2. The molecule has 7 nitrogen and oxygen atoms in total. The summed E-state index contributed by atoms with van der Waals surface area (Å²) in [5.74, 6) is 1.09. The van der Waals surface area contributed by atoms with Gasteiger partial charge in [-0.15, -0.1) is 0 Å². The molecule has 2 aromatic carbocycles. The van der Waals surface area contributed by atoms with Crippen LogP contribution >= 0.6 is 0 Å². The van der Waals surface area contributed by atoms with Crippen molar-refractivity contribution in [3.05, 3.63) is 52.1 Å². The molecule has 0 unspecified atom stereocenters. The Labute approximate surface area is 133 Å². The zero-order chi connectivity index (χ0) is 16.8. The van der Waals surface area contributed by atoms with E-state index >= 15 is 0 Å². The van der Waals surface area contributed by atoms with E-state index in [1.54, 1.807) is 0 Å². The van der Waals surface area contributed by atoms with Gasteiger partial charge < -0.3 is 19.9 Å². The highest BCUT2D eigenvalue weighted by atomic mass is 16.6. The van der Waals surface area contributed by atoms with Crippen LogP contribution in [0.4, 0.5) is 11.4 Å². The van der Waals surface area contributed by atoms with Crippen molar-refractivity contribution < 1.29 is 19.1 Å². The van der Waals surface area contributed by atoms with Crippen LogP contribution in [-0.4, -0.2) is 25.2 Å². The van der Waals surface area contributed by atoms with Crippen LogP contribution in [0.25, 0.3) is 0 Å². The van der Waals surface area contributed by atoms with E-state index in [1.165, 1.54) is 19.2 Å². The third-order valence-electron chi connectivity index (χ3n) is 3.20. The number of hydrogen-bond acceptors (Lipinski definition) is 6. The number of rotatable bonds is 7. The van der Waals surface area contributed by atoms with Crippen LogP contribution in [0, 0.1) is 17.0 Å². The van der Waals surface area contributed by atoms with Crippen LogP contribution in [0.2, 0.25) is 0 Å². The number of nitro benzene ring substituents is 1. The lowest BCUT2D eigenvalue weighted by Gasteiger charge is -2.12. The molecule has 0 radical (unpaired) electrons. The molecule has 7 heteroatoms. The Morgan fingerprint density at radius 2 is 1.74 bits per heavy atom.